The molecule has 0 saturated carbocycles. The predicted molar refractivity (Wildman–Crippen MR) is 79.5 cm³/mol. The molecular formula is C13H18ClNO5S. The zero-order valence-corrected chi connectivity index (χ0v) is 13.5. The molecule has 0 bridgehead atoms. The summed E-state index contributed by atoms with van der Waals surface area (Å²) in [5.74, 6) is -0.125. The van der Waals surface area contributed by atoms with Crippen LogP contribution in [0.25, 0.3) is 0 Å². The van der Waals surface area contributed by atoms with Crippen LogP contribution in [-0.4, -0.2) is 41.7 Å². The average molecular weight is 336 g/mol. The van der Waals surface area contributed by atoms with Crippen molar-refractivity contribution in [3.05, 3.63) is 23.8 Å². The maximum atomic E-state index is 12.1. The van der Waals surface area contributed by atoms with Gasteiger partial charge in [-0.15, -0.1) is 0 Å². The van der Waals surface area contributed by atoms with Crippen LogP contribution in [0.1, 0.15) is 23.2 Å². The van der Waals surface area contributed by atoms with Gasteiger partial charge in [0.25, 0.3) is 15.0 Å². The summed E-state index contributed by atoms with van der Waals surface area (Å²) < 4.78 is 32.6. The van der Waals surface area contributed by atoms with Gasteiger partial charge >= 0.3 is 0 Å². The molecule has 0 radical (unpaired) electrons. The molecule has 0 aromatic heterocycles. The fraction of sp³-hybridized carbons (Fsp3) is 0.462. The van der Waals surface area contributed by atoms with Gasteiger partial charge in [0.05, 0.1) is 17.6 Å². The summed E-state index contributed by atoms with van der Waals surface area (Å²) >= 11 is 0. The van der Waals surface area contributed by atoms with Crippen LogP contribution >= 0.6 is 10.7 Å². The van der Waals surface area contributed by atoms with E-state index in [0.29, 0.717) is 13.2 Å². The number of carbonyl (C=O) groups excluding carboxylic acids is 1. The Kier molecular flexibility index (Phi) is 6.94. The van der Waals surface area contributed by atoms with Crippen molar-refractivity contribution in [2.24, 2.45) is 0 Å². The Hall–Kier alpha value is -1.31. The Bertz CT molecular complexity index is 588. The van der Waals surface area contributed by atoms with Crippen molar-refractivity contribution in [1.29, 1.82) is 0 Å². The minimum atomic E-state index is -3.90. The van der Waals surface area contributed by atoms with E-state index >= 15 is 0 Å². The normalized spacial score (nSPS) is 11.2. The lowest BCUT2D eigenvalue weighted by Crippen LogP contribution is -2.25. The maximum absolute atomic E-state index is 12.1. The van der Waals surface area contributed by atoms with E-state index in [9.17, 15) is 13.2 Å². The van der Waals surface area contributed by atoms with Crippen molar-refractivity contribution < 1.29 is 22.7 Å². The van der Waals surface area contributed by atoms with E-state index in [1.165, 1.54) is 25.3 Å². The first kappa shape index (κ1) is 17.7. The van der Waals surface area contributed by atoms with E-state index in [-0.39, 0.29) is 16.2 Å². The van der Waals surface area contributed by atoms with E-state index in [0.717, 1.165) is 12.8 Å². The fourth-order valence-electron chi connectivity index (χ4n) is 1.68. The first-order chi connectivity index (χ1) is 9.90. The third-order valence-corrected chi connectivity index (χ3v) is 4.11. The third-order valence-electron chi connectivity index (χ3n) is 2.76. The lowest BCUT2D eigenvalue weighted by Gasteiger charge is -2.10. The van der Waals surface area contributed by atoms with E-state index in [1.54, 1.807) is 7.11 Å². The largest absolute Gasteiger partial charge is 0.496 e. The van der Waals surface area contributed by atoms with Gasteiger partial charge in [0.1, 0.15) is 5.75 Å². The number of rotatable bonds is 8. The first-order valence-corrected chi connectivity index (χ1v) is 8.61. The molecule has 6 nitrogen and oxygen atoms in total. The highest BCUT2D eigenvalue weighted by molar-refractivity contribution is 8.13. The van der Waals surface area contributed by atoms with Gasteiger partial charge in [-0.3, -0.25) is 4.79 Å². The number of halogens is 1. The van der Waals surface area contributed by atoms with Crippen molar-refractivity contribution in [3.63, 3.8) is 0 Å². The van der Waals surface area contributed by atoms with Crippen LogP contribution in [0, 0.1) is 0 Å². The molecule has 118 valence electrons. The summed E-state index contributed by atoms with van der Waals surface area (Å²) in [5, 5.41) is 2.70. The summed E-state index contributed by atoms with van der Waals surface area (Å²) in [5.41, 5.74) is 0.131. The molecule has 0 unspecified atom stereocenters. The van der Waals surface area contributed by atoms with Crippen LogP contribution in [-0.2, 0) is 13.8 Å². The van der Waals surface area contributed by atoms with E-state index in [4.69, 9.17) is 20.2 Å². The number of nitrogens with one attached hydrogen (secondary N) is 1. The maximum Gasteiger partial charge on any atom is 0.261 e. The number of benzene rings is 1. The van der Waals surface area contributed by atoms with Gasteiger partial charge in [0.15, 0.2) is 0 Å². The van der Waals surface area contributed by atoms with Gasteiger partial charge in [-0.05, 0) is 31.0 Å². The first-order valence-electron chi connectivity index (χ1n) is 6.30. The van der Waals surface area contributed by atoms with E-state index in [1.807, 2.05) is 0 Å². The van der Waals surface area contributed by atoms with Crippen molar-refractivity contribution in [2.45, 2.75) is 17.7 Å². The average Bonchev–Trinajstić information content (AvgIpc) is 2.45. The lowest BCUT2D eigenvalue weighted by atomic mass is 10.2. The molecule has 1 aromatic carbocycles. The zero-order valence-electron chi connectivity index (χ0n) is 11.9. The van der Waals surface area contributed by atoms with Crippen LogP contribution < -0.4 is 10.1 Å². The Morgan fingerprint density at radius 2 is 2.00 bits per heavy atom. The summed E-state index contributed by atoms with van der Waals surface area (Å²) in [4.78, 5) is 11.9. The molecule has 1 amide bonds. The third kappa shape index (κ3) is 5.53. The molecular weight excluding hydrogens is 318 g/mol. The zero-order chi connectivity index (χ0) is 15.9. The van der Waals surface area contributed by atoms with Crippen LogP contribution in [0.3, 0.4) is 0 Å². The number of ether oxygens (including phenoxy) is 2. The second kappa shape index (κ2) is 8.21. The topological polar surface area (TPSA) is 81.7 Å². The molecule has 0 heterocycles. The number of amides is 1. The molecule has 1 N–H and O–H groups in total. The van der Waals surface area contributed by atoms with Gasteiger partial charge < -0.3 is 14.8 Å². The second-order valence-electron chi connectivity index (χ2n) is 4.26. The number of hydrogen-bond donors (Lipinski definition) is 1. The van der Waals surface area contributed by atoms with Crippen LogP contribution in [0.5, 0.6) is 5.75 Å². The van der Waals surface area contributed by atoms with Crippen molar-refractivity contribution in [3.8, 4) is 5.75 Å². The van der Waals surface area contributed by atoms with E-state index < -0.39 is 15.0 Å². The van der Waals surface area contributed by atoms with Gasteiger partial charge in [-0.1, -0.05) is 0 Å². The second-order valence-corrected chi connectivity index (χ2v) is 6.82. The summed E-state index contributed by atoms with van der Waals surface area (Å²) in [6, 6.07) is 3.89. The van der Waals surface area contributed by atoms with E-state index in [2.05, 4.69) is 5.32 Å². The van der Waals surface area contributed by atoms with Crippen molar-refractivity contribution >= 4 is 25.6 Å². The molecule has 0 spiro atoms. The predicted octanol–water partition coefficient (Wildman–Crippen LogP) is 1.78. The fourth-order valence-corrected chi connectivity index (χ4v) is 2.46. The SMILES string of the molecule is COCCCCNC(=O)c1cc(S(=O)(=O)Cl)ccc1OC. The Labute approximate surface area is 128 Å². The lowest BCUT2D eigenvalue weighted by molar-refractivity contribution is 0.0948. The molecule has 0 aliphatic carbocycles. The van der Waals surface area contributed by atoms with Crippen LogP contribution in [0.2, 0.25) is 0 Å². The highest BCUT2D eigenvalue weighted by Gasteiger charge is 2.17. The quantitative estimate of drug-likeness (QED) is 0.578. The van der Waals surface area contributed by atoms with Gasteiger partial charge in [0.2, 0.25) is 0 Å². The minimum Gasteiger partial charge on any atom is -0.496 e. The molecule has 0 saturated heterocycles. The highest BCUT2D eigenvalue weighted by Crippen LogP contribution is 2.24. The van der Waals surface area contributed by atoms with Crippen LogP contribution in [0.4, 0.5) is 0 Å². The smallest absolute Gasteiger partial charge is 0.261 e. The van der Waals surface area contributed by atoms with Crippen molar-refractivity contribution in [2.75, 3.05) is 27.4 Å². The van der Waals surface area contributed by atoms with Gasteiger partial charge in [0, 0.05) is 30.9 Å². The molecule has 21 heavy (non-hydrogen) atoms. The minimum absolute atomic E-state index is 0.131. The van der Waals surface area contributed by atoms with Crippen molar-refractivity contribution in [1.82, 2.24) is 5.32 Å². The van der Waals surface area contributed by atoms with Gasteiger partial charge in [-0.2, -0.15) is 0 Å². The number of hydrogen-bond acceptors (Lipinski definition) is 5. The Morgan fingerprint density at radius 1 is 1.29 bits per heavy atom. The number of methoxy groups -OCH3 is 2. The van der Waals surface area contributed by atoms with Crippen LogP contribution in [0.15, 0.2) is 23.1 Å². The molecule has 1 aromatic rings. The molecule has 0 aliphatic heterocycles. The Balaban J connectivity index is 2.82. The summed E-state index contributed by atoms with van der Waals surface area (Å²) in [7, 11) is 4.40. The van der Waals surface area contributed by atoms with Gasteiger partial charge in [-0.25, -0.2) is 8.42 Å². The molecule has 0 aliphatic rings. The number of carbonyl (C=O) groups is 1. The molecule has 0 fully saturated rings. The summed E-state index contributed by atoms with van der Waals surface area (Å²) in [6.07, 6.45) is 1.58. The molecule has 0 atom stereocenters. The standard InChI is InChI=1S/C13H18ClNO5S/c1-19-8-4-3-7-15-13(16)11-9-10(21(14,17)18)5-6-12(11)20-2/h5-6,9H,3-4,7-8H2,1-2H3,(H,15,16). The Morgan fingerprint density at radius 3 is 2.57 bits per heavy atom. The molecule has 8 heteroatoms. The summed E-state index contributed by atoms with van der Waals surface area (Å²) in [6.45, 7) is 1.09. The number of unbranched alkanes of at least 4 members (excludes halogenated alkanes) is 1. The monoisotopic (exact) mass is 335 g/mol. The highest BCUT2D eigenvalue weighted by atomic mass is 35.7. The molecule has 1 rings (SSSR count).